The molecule has 0 saturated carbocycles. The lowest BCUT2D eigenvalue weighted by atomic mass is 10.0. The summed E-state index contributed by atoms with van der Waals surface area (Å²) in [5, 5.41) is 1.25. The number of fused-ring (bicyclic) bond motifs is 1. The molecule has 0 unspecified atom stereocenters. The quantitative estimate of drug-likeness (QED) is 0.0556. The molecule has 2 aliphatic rings. The van der Waals surface area contributed by atoms with Gasteiger partial charge in [-0.2, -0.15) is 0 Å². The second-order valence-corrected chi connectivity index (χ2v) is 17.6. The maximum absolute atomic E-state index is 13.3. The standard InChI is InChI=1S/C49H78Cl2N4O4/c1-3-5-7-9-11-13-15-17-19-21-33-55(34-22-20-18-16-14-12-10-8-6-4-2)49(56)59-41-58-47-31-29-42-28-30-43(40-45(42)52-47)57-39-24-23-32-53-35-37-54(38-36-53)46-27-25-26-44(50)48(46)51/h25-28,30,40H,3-24,29,31-39,41H2,1-2H3. The Hall–Kier alpha value is -2.68. The smallest absolute Gasteiger partial charge is 0.412 e. The van der Waals surface area contributed by atoms with E-state index in [1.807, 2.05) is 35.2 Å². The van der Waals surface area contributed by atoms with Gasteiger partial charge in [0.2, 0.25) is 6.79 Å². The predicted molar refractivity (Wildman–Crippen MR) is 249 cm³/mol. The van der Waals surface area contributed by atoms with Crippen LogP contribution in [0.4, 0.5) is 16.2 Å². The highest BCUT2D eigenvalue weighted by Crippen LogP contribution is 2.33. The van der Waals surface area contributed by atoms with Gasteiger partial charge in [-0.1, -0.05) is 165 Å². The molecular formula is C49H78Cl2N4O4. The number of unbranched alkanes of at least 4 members (excludes halogenated alkanes) is 19. The lowest BCUT2D eigenvalue weighted by molar-refractivity contribution is 0.0270. The third kappa shape index (κ3) is 19.7. The van der Waals surface area contributed by atoms with E-state index in [4.69, 9.17) is 42.4 Å². The monoisotopic (exact) mass is 857 g/mol. The SMILES string of the molecule is CCCCCCCCCCCCN(CCCCCCCCCCCC)C(=O)OCOC1=Nc2cc(OCCCCN3CCN(c4cccc(Cl)c4Cl)CC3)ccc2CC1. The Morgan fingerprint density at radius 3 is 1.88 bits per heavy atom. The molecule has 332 valence electrons. The minimum Gasteiger partial charge on any atom is -0.494 e. The largest absolute Gasteiger partial charge is 0.494 e. The Balaban J connectivity index is 1.13. The number of carbonyl (C=O) groups is 1. The number of benzene rings is 2. The van der Waals surface area contributed by atoms with Crippen LogP contribution in [-0.4, -0.2) is 81.0 Å². The van der Waals surface area contributed by atoms with Gasteiger partial charge in [0.15, 0.2) is 5.90 Å². The van der Waals surface area contributed by atoms with Crippen LogP contribution in [0.25, 0.3) is 0 Å². The van der Waals surface area contributed by atoms with E-state index in [1.165, 1.54) is 108 Å². The molecule has 59 heavy (non-hydrogen) atoms. The second-order valence-electron chi connectivity index (χ2n) is 16.8. The summed E-state index contributed by atoms with van der Waals surface area (Å²) in [6, 6.07) is 12.0. The van der Waals surface area contributed by atoms with Crippen LogP contribution < -0.4 is 9.64 Å². The first-order chi connectivity index (χ1) is 29.0. The van der Waals surface area contributed by atoms with Crippen molar-refractivity contribution in [2.45, 2.75) is 168 Å². The lowest BCUT2D eigenvalue weighted by Crippen LogP contribution is -2.46. The molecular weight excluding hydrogens is 779 g/mol. The van der Waals surface area contributed by atoms with Crippen molar-refractivity contribution in [1.29, 1.82) is 0 Å². The van der Waals surface area contributed by atoms with Crippen molar-refractivity contribution < 1.29 is 19.0 Å². The molecule has 4 rings (SSSR count). The third-order valence-electron chi connectivity index (χ3n) is 11.9. The molecule has 10 heteroatoms. The van der Waals surface area contributed by atoms with E-state index in [1.54, 1.807) is 0 Å². The van der Waals surface area contributed by atoms with Crippen LogP contribution in [-0.2, 0) is 15.9 Å². The van der Waals surface area contributed by atoms with Crippen LogP contribution in [0, 0.1) is 0 Å². The lowest BCUT2D eigenvalue weighted by Gasteiger charge is -2.36. The van der Waals surface area contributed by atoms with Crippen LogP contribution in [0.1, 0.15) is 167 Å². The van der Waals surface area contributed by atoms with Gasteiger partial charge in [0.1, 0.15) is 5.75 Å². The minimum atomic E-state index is -0.269. The zero-order valence-corrected chi connectivity index (χ0v) is 38.5. The molecule has 1 amide bonds. The molecule has 0 N–H and O–H groups in total. The number of rotatable bonds is 31. The Labute approximate surface area is 368 Å². The zero-order chi connectivity index (χ0) is 41.8. The summed E-state index contributed by atoms with van der Waals surface area (Å²) in [5.41, 5.74) is 3.07. The predicted octanol–water partition coefficient (Wildman–Crippen LogP) is 14.2. The van der Waals surface area contributed by atoms with Gasteiger partial charge in [-0.3, -0.25) is 4.90 Å². The van der Waals surface area contributed by atoms with E-state index in [0.29, 0.717) is 29.0 Å². The fourth-order valence-electron chi connectivity index (χ4n) is 8.18. The third-order valence-corrected chi connectivity index (χ3v) is 12.7. The highest BCUT2D eigenvalue weighted by molar-refractivity contribution is 6.43. The van der Waals surface area contributed by atoms with Gasteiger partial charge in [0.25, 0.3) is 0 Å². The molecule has 2 aromatic rings. The van der Waals surface area contributed by atoms with Gasteiger partial charge in [-0.05, 0) is 62.4 Å². The molecule has 0 aliphatic carbocycles. The van der Waals surface area contributed by atoms with Gasteiger partial charge in [0.05, 0.1) is 28.0 Å². The molecule has 2 heterocycles. The molecule has 8 nitrogen and oxygen atoms in total. The number of hydrogen-bond donors (Lipinski definition) is 0. The number of aryl methyl sites for hydroxylation is 1. The molecule has 2 aromatic carbocycles. The maximum Gasteiger partial charge on any atom is 0.412 e. The first-order valence-corrected chi connectivity index (χ1v) is 24.5. The van der Waals surface area contributed by atoms with Crippen molar-refractivity contribution in [2.24, 2.45) is 4.99 Å². The molecule has 1 fully saturated rings. The van der Waals surface area contributed by atoms with Gasteiger partial charge >= 0.3 is 6.09 Å². The number of nitrogens with zero attached hydrogens (tertiary/aromatic N) is 4. The Bertz CT molecular complexity index is 1440. The Morgan fingerprint density at radius 2 is 1.27 bits per heavy atom. The Kier molecular flexibility index (Phi) is 25.2. The summed E-state index contributed by atoms with van der Waals surface area (Å²) >= 11 is 12.7. The van der Waals surface area contributed by atoms with Crippen molar-refractivity contribution in [3.63, 3.8) is 0 Å². The second kappa shape index (κ2) is 30.4. The zero-order valence-electron chi connectivity index (χ0n) is 37.0. The van der Waals surface area contributed by atoms with Crippen molar-refractivity contribution in [2.75, 3.05) is 64.1 Å². The van der Waals surface area contributed by atoms with E-state index in [-0.39, 0.29) is 12.9 Å². The number of carbonyl (C=O) groups excluding carboxylic acids is 1. The van der Waals surface area contributed by atoms with Gasteiger partial charge < -0.3 is 24.0 Å². The number of aliphatic imine (C=N–C) groups is 1. The minimum absolute atomic E-state index is 0.112. The number of amides is 1. The fraction of sp³-hybridized carbons (Fsp3) is 0.714. The highest BCUT2D eigenvalue weighted by atomic mass is 35.5. The van der Waals surface area contributed by atoms with E-state index in [2.05, 4.69) is 29.7 Å². The number of piperazine rings is 1. The molecule has 2 aliphatic heterocycles. The Morgan fingerprint density at radius 1 is 0.678 bits per heavy atom. The number of halogens is 2. The van der Waals surface area contributed by atoms with Crippen LogP contribution in [0.5, 0.6) is 5.75 Å². The van der Waals surface area contributed by atoms with Crippen molar-refractivity contribution in [3.8, 4) is 5.75 Å². The first kappa shape index (κ1) is 49.0. The number of ether oxygens (including phenoxy) is 3. The summed E-state index contributed by atoms with van der Waals surface area (Å²) in [6.45, 7) is 11.5. The first-order valence-electron chi connectivity index (χ1n) is 23.8. The van der Waals surface area contributed by atoms with Crippen molar-refractivity contribution >= 4 is 46.6 Å². The van der Waals surface area contributed by atoms with Gasteiger partial charge in [-0.15, -0.1) is 0 Å². The molecule has 1 saturated heterocycles. The summed E-state index contributed by atoms with van der Waals surface area (Å²) in [6.07, 6.45) is 28.9. The van der Waals surface area contributed by atoms with Crippen molar-refractivity contribution in [1.82, 2.24) is 9.80 Å². The van der Waals surface area contributed by atoms with Crippen LogP contribution in [0.15, 0.2) is 41.4 Å². The van der Waals surface area contributed by atoms with E-state index >= 15 is 0 Å². The highest BCUT2D eigenvalue weighted by Gasteiger charge is 2.20. The van der Waals surface area contributed by atoms with Crippen LogP contribution in [0.2, 0.25) is 10.0 Å². The number of anilines is 1. The van der Waals surface area contributed by atoms with Gasteiger partial charge in [-0.25, -0.2) is 9.79 Å². The normalized spacial score (nSPS) is 14.2. The summed E-state index contributed by atoms with van der Waals surface area (Å²) in [5.74, 6) is 1.43. The molecule has 0 spiro atoms. The summed E-state index contributed by atoms with van der Waals surface area (Å²) in [4.78, 5) is 24.8. The van der Waals surface area contributed by atoms with Crippen LogP contribution in [0.3, 0.4) is 0 Å². The summed E-state index contributed by atoms with van der Waals surface area (Å²) in [7, 11) is 0. The fourth-order valence-corrected chi connectivity index (χ4v) is 8.59. The average molecular weight is 858 g/mol. The van der Waals surface area contributed by atoms with Crippen molar-refractivity contribution in [3.05, 3.63) is 52.0 Å². The maximum atomic E-state index is 13.3. The summed E-state index contributed by atoms with van der Waals surface area (Å²) < 4.78 is 17.8. The molecule has 0 atom stereocenters. The van der Waals surface area contributed by atoms with E-state index in [9.17, 15) is 4.79 Å². The molecule has 0 aromatic heterocycles. The van der Waals surface area contributed by atoms with E-state index < -0.39 is 0 Å². The van der Waals surface area contributed by atoms with E-state index in [0.717, 1.165) is 108 Å². The van der Waals surface area contributed by atoms with Gasteiger partial charge in [0, 0.05) is 51.8 Å². The number of hydrogen-bond acceptors (Lipinski definition) is 7. The van der Waals surface area contributed by atoms with Crippen LogP contribution >= 0.6 is 23.2 Å². The average Bonchev–Trinajstić information content (AvgIpc) is 3.25. The molecule has 0 bridgehead atoms. The topological polar surface area (TPSA) is 66.8 Å². The molecule has 0 radical (unpaired) electrons.